The van der Waals surface area contributed by atoms with E-state index in [-0.39, 0.29) is 44.4 Å². The molecule has 0 saturated carbocycles. The number of carbonyl (C=O) groups excluding carboxylic acids is 2. The third-order valence-corrected chi connectivity index (χ3v) is 13.1. The van der Waals surface area contributed by atoms with Crippen LogP contribution in [-0.2, 0) is 30.9 Å². The van der Waals surface area contributed by atoms with Gasteiger partial charge in [0.15, 0.2) is 0 Å². The minimum absolute atomic E-state index is 0.00228. The number of nitrogens with one attached hydrogen (secondary N) is 2. The van der Waals surface area contributed by atoms with Gasteiger partial charge in [0.25, 0.3) is 31.9 Å². The van der Waals surface area contributed by atoms with Crippen LogP contribution in [0.4, 0.5) is 0 Å². The van der Waals surface area contributed by atoms with Crippen molar-refractivity contribution < 1.29 is 45.7 Å². The van der Waals surface area contributed by atoms with Gasteiger partial charge in [0.2, 0.25) is 11.8 Å². The topological polar surface area (TPSA) is 200 Å². The third-order valence-electron chi connectivity index (χ3n) is 10.3. The summed E-state index contributed by atoms with van der Waals surface area (Å²) in [4.78, 5) is 34.8. The monoisotopic (exact) mass is 950 g/mol. The lowest BCUT2D eigenvalue weighted by Gasteiger charge is -2.21. The van der Waals surface area contributed by atoms with Crippen molar-refractivity contribution in [1.82, 2.24) is 19.4 Å². The second kappa shape index (κ2) is 20.0. The van der Waals surface area contributed by atoms with Gasteiger partial charge in [0, 0.05) is 22.2 Å². The molecule has 0 fully saturated rings. The molecule has 16 heteroatoms. The average Bonchev–Trinajstić information content (AvgIpc) is 3.22. The first-order valence-corrected chi connectivity index (χ1v) is 24.2. The Kier molecular flexibility index (Phi) is 15.3. The highest BCUT2D eigenvalue weighted by atomic mass is 32.2. The molecule has 0 aliphatic heterocycles. The summed E-state index contributed by atoms with van der Waals surface area (Å²) in [5, 5.41) is 9.92. The summed E-state index contributed by atoms with van der Waals surface area (Å²) in [5.74, 6) is -0.923. The highest BCUT2D eigenvalue weighted by molar-refractivity contribution is 7.90. The van der Waals surface area contributed by atoms with E-state index in [1.807, 2.05) is 112 Å². The van der Waals surface area contributed by atoms with Crippen molar-refractivity contribution in [2.24, 2.45) is 0 Å². The predicted octanol–water partition coefficient (Wildman–Crippen LogP) is 10.1. The molecule has 2 heterocycles. The van der Waals surface area contributed by atoms with Crippen molar-refractivity contribution in [3.05, 3.63) is 153 Å². The molecule has 0 spiro atoms. The fourth-order valence-electron chi connectivity index (χ4n) is 7.06. The summed E-state index contributed by atoms with van der Waals surface area (Å²) in [7, 11) is -7.17. The van der Waals surface area contributed by atoms with Crippen molar-refractivity contribution in [1.29, 1.82) is 0 Å². The van der Waals surface area contributed by atoms with Gasteiger partial charge in [0.05, 0.1) is 7.11 Å². The molecule has 0 radical (unpaired) electrons. The minimum Gasteiger partial charge on any atom is -0.507 e. The van der Waals surface area contributed by atoms with Crippen LogP contribution in [0.1, 0.15) is 107 Å². The number of aromatic nitrogens is 2. The molecule has 4 aromatic carbocycles. The number of rotatable bonds is 11. The zero-order valence-corrected chi connectivity index (χ0v) is 41.7. The van der Waals surface area contributed by atoms with E-state index in [2.05, 4.69) is 14.7 Å². The number of phenols is 1. The number of aryl methyl sites for hydroxylation is 6. The Hall–Kier alpha value is -6.78. The van der Waals surface area contributed by atoms with Gasteiger partial charge in [-0.1, -0.05) is 101 Å². The van der Waals surface area contributed by atoms with E-state index in [0.29, 0.717) is 22.9 Å². The fraction of sp³-hybridized carbons (Fsp3) is 0.294. The number of methoxy groups -OCH3 is 1. The summed E-state index contributed by atoms with van der Waals surface area (Å²) >= 11 is 0. The molecule has 2 aromatic heterocycles. The summed E-state index contributed by atoms with van der Waals surface area (Å²) in [6, 6.07) is 25.7. The molecule has 0 aliphatic rings. The minimum atomic E-state index is -4.32. The van der Waals surface area contributed by atoms with Crippen LogP contribution in [0.25, 0.3) is 0 Å². The van der Waals surface area contributed by atoms with Crippen molar-refractivity contribution in [2.45, 2.75) is 104 Å². The zero-order chi connectivity index (χ0) is 49.8. The standard InChI is InChI=1S/C26H30N2O5S.C25H28N2O5S/c1-16-14-17(2)23(18(3)15-16)33-25-19(12-13-22(27-25)26(4,5)6)24(29)28-34(30,31)21-11-9-8-10-20(21)32-7;1-15-13-16(2)22(17(3)14-15)32-24-18(11-12-21(26-24)25(4,5)6)23(29)27-33(30,31)20-10-8-7-9-19(20)28/h8-15H,1-7H3,(H,28,29);7-14,28H,1-6H3,(H,27,29). The Morgan fingerprint density at radius 1 is 0.537 bits per heavy atom. The second-order valence-electron chi connectivity index (χ2n) is 18.2. The first kappa shape index (κ1) is 51.2. The molecule has 354 valence electrons. The van der Waals surface area contributed by atoms with Gasteiger partial charge in [0.1, 0.15) is 43.9 Å². The molecule has 6 aromatic rings. The lowest BCUT2D eigenvalue weighted by molar-refractivity contribution is 0.0969. The number of hydrogen-bond acceptors (Lipinski definition) is 12. The molecule has 3 N–H and O–H groups in total. The Morgan fingerprint density at radius 2 is 0.896 bits per heavy atom. The molecule has 0 aliphatic carbocycles. The Bertz CT molecular complexity index is 3040. The van der Waals surface area contributed by atoms with E-state index >= 15 is 0 Å². The smallest absolute Gasteiger partial charge is 0.270 e. The maximum Gasteiger partial charge on any atom is 0.270 e. The van der Waals surface area contributed by atoms with E-state index in [9.17, 15) is 31.5 Å². The first-order valence-electron chi connectivity index (χ1n) is 21.2. The highest BCUT2D eigenvalue weighted by Crippen LogP contribution is 2.35. The number of hydrogen-bond donors (Lipinski definition) is 3. The van der Waals surface area contributed by atoms with Crippen molar-refractivity contribution in [2.75, 3.05) is 7.11 Å². The van der Waals surface area contributed by atoms with Crippen molar-refractivity contribution in [3.8, 4) is 34.8 Å². The Balaban J connectivity index is 0.000000251. The molecule has 14 nitrogen and oxygen atoms in total. The number of benzene rings is 4. The summed E-state index contributed by atoms with van der Waals surface area (Å²) in [6.45, 7) is 23.5. The lowest BCUT2D eigenvalue weighted by Crippen LogP contribution is -2.31. The van der Waals surface area contributed by atoms with E-state index in [4.69, 9.17) is 14.2 Å². The van der Waals surface area contributed by atoms with Crippen LogP contribution in [0.2, 0.25) is 0 Å². The van der Waals surface area contributed by atoms with Gasteiger partial charge in [-0.25, -0.2) is 36.2 Å². The van der Waals surface area contributed by atoms with Crippen LogP contribution >= 0.6 is 0 Å². The number of pyridine rings is 2. The summed E-state index contributed by atoms with van der Waals surface area (Å²) in [5.41, 5.74) is 6.36. The van der Waals surface area contributed by atoms with Crippen molar-refractivity contribution >= 4 is 31.9 Å². The van der Waals surface area contributed by atoms with Crippen LogP contribution in [0.3, 0.4) is 0 Å². The lowest BCUT2D eigenvalue weighted by atomic mass is 9.91. The normalized spacial score (nSPS) is 11.8. The quantitative estimate of drug-likeness (QED) is 0.111. The number of aromatic hydroxyl groups is 1. The Morgan fingerprint density at radius 3 is 1.27 bits per heavy atom. The molecular weight excluding hydrogens is 893 g/mol. The second-order valence-corrected chi connectivity index (χ2v) is 21.5. The zero-order valence-electron chi connectivity index (χ0n) is 40.1. The number of ether oxygens (including phenoxy) is 3. The first-order chi connectivity index (χ1) is 31.1. The summed E-state index contributed by atoms with van der Waals surface area (Å²) < 4.78 is 72.9. The van der Waals surface area contributed by atoms with E-state index in [1.54, 1.807) is 24.3 Å². The van der Waals surface area contributed by atoms with Gasteiger partial charge < -0.3 is 19.3 Å². The average molecular weight is 951 g/mol. The van der Waals surface area contributed by atoms with E-state index in [1.165, 1.54) is 55.6 Å². The number of carbonyl (C=O) groups is 2. The fourth-order valence-corrected chi connectivity index (χ4v) is 9.26. The van der Waals surface area contributed by atoms with E-state index in [0.717, 1.165) is 33.4 Å². The predicted molar refractivity (Wildman–Crippen MR) is 258 cm³/mol. The van der Waals surface area contributed by atoms with E-state index < -0.39 is 42.5 Å². The summed E-state index contributed by atoms with van der Waals surface area (Å²) in [6.07, 6.45) is 0. The van der Waals surface area contributed by atoms with Gasteiger partial charge in [-0.2, -0.15) is 0 Å². The largest absolute Gasteiger partial charge is 0.507 e. The van der Waals surface area contributed by atoms with Gasteiger partial charge in [-0.3, -0.25) is 9.59 Å². The molecule has 0 atom stereocenters. The molecular formula is C51H58N4O10S2. The van der Waals surface area contributed by atoms with Gasteiger partial charge in [-0.05, 0) is 112 Å². The number of sulfonamides is 2. The number of amides is 2. The number of phenolic OH excluding ortho intramolecular Hbond substituents is 1. The molecule has 67 heavy (non-hydrogen) atoms. The van der Waals surface area contributed by atoms with Crippen LogP contribution in [0.5, 0.6) is 34.8 Å². The number of para-hydroxylation sites is 2. The van der Waals surface area contributed by atoms with Crippen LogP contribution in [0, 0.1) is 41.5 Å². The van der Waals surface area contributed by atoms with Gasteiger partial charge >= 0.3 is 0 Å². The highest BCUT2D eigenvalue weighted by Gasteiger charge is 2.29. The van der Waals surface area contributed by atoms with Crippen LogP contribution in [-0.4, -0.2) is 50.8 Å². The third kappa shape index (κ3) is 12.4. The van der Waals surface area contributed by atoms with Crippen LogP contribution < -0.4 is 23.7 Å². The molecule has 0 bridgehead atoms. The molecule has 2 amide bonds. The molecule has 0 unspecified atom stereocenters. The van der Waals surface area contributed by atoms with Crippen molar-refractivity contribution in [3.63, 3.8) is 0 Å². The Labute approximate surface area is 393 Å². The van der Waals surface area contributed by atoms with Crippen LogP contribution in [0.15, 0.2) is 107 Å². The molecule has 6 rings (SSSR count). The maximum atomic E-state index is 13.2. The maximum absolute atomic E-state index is 13.2. The number of nitrogens with zero attached hydrogens (tertiary/aromatic N) is 2. The van der Waals surface area contributed by atoms with Gasteiger partial charge in [-0.15, -0.1) is 0 Å². The SMILES string of the molecule is COc1ccccc1S(=O)(=O)NC(=O)c1ccc(C(C)(C)C)nc1Oc1c(C)cc(C)cc1C.Cc1cc(C)c(Oc2nc(C(C)(C)C)ccc2C(=O)NS(=O)(=O)c2ccccc2O)c(C)c1. The molecule has 0 saturated heterocycles.